The molecule has 188 valence electrons. The topological polar surface area (TPSA) is 64.9 Å². The van der Waals surface area contributed by atoms with Crippen LogP contribution in [-0.2, 0) is 17.6 Å². The third kappa shape index (κ3) is 5.67. The Hall–Kier alpha value is -3.87. The lowest BCUT2D eigenvalue weighted by atomic mass is 10.1. The van der Waals surface area contributed by atoms with E-state index >= 15 is 0 Å². The molecule has 0 unspecified atom stereocenters. The Morgan fingerprint density at radius 2 is 1.78 bits per heavy atom. The molecule has 2 aromatic heterocycles. The molecule has 0 saturated heterocycles. The molecular formula is C29H32FN3O3. The second kappa shape index (κ2) is 11.2. The molecule has 1 amide bonds. The fourth-order valence-electron chi connectivity index (χ4n) is 4.20. The van der Waals surface area contributed by atoms with Gasteiger partial charge in [-0.15, -0.1) is 0 Å². The number of halogens is 1. The van der Waals surface area contributed by atoms with E-state index in [1.165, 1.54) is 6.07 Å². The van der Waals surface area contributed by atoms with Crippen molar-refractivity contribution in [3.8, 4) is 22.8 Å². The van der Waals surface area contributed by atoms with E-state index in [1.54, 1.807) is 19.1 Å². The van der Waals surface area contributed by atoms with Crippen molar-refractivity contribution in [3.63, 3.8) is 0 Å². The molecule has 36 heavy (non-hydrogen) atoms. The highest BCUT2D eigenvalue weighted by atomic mass is 19.1. The molecule has 4 aromatic rings. The molecule has 0 atom stereocenters. The van der Waals surface area contributed by atoms with Gasteiger partial charge in [-0.05, 0) is 87.2 Å². The first kappa shape index (κ1) is 25.2. The maximum atomic E-state index is 13.9. The van der Waals surface area contributed by atoms with Crippen LogP contribution in [0.15, 0.2) is 54.7 Å². The molecule has 0 fully saturated rings. The summed E-state index contributed by atoms with van der Waals surface area (Å²) < 4.78 is 27.2. The minimum absolute atomic E-state index is 0.102. The van der Waals surface area contributed by atoms with Crippen LogP contribution in [0.2, 0.25) is 0 Å². The molecule has 0 aliphatic heterocycles. The molecule has 0 radical (unpaired) electrons. The highest BCUT2D eigenvalue weighted by molar-refractivity contribution is 5.81. The zero-order valence-corrected chi connectivity index (χ0v) is 21.2. The van der Waals surface area contributed by atoms with Crippen LogP contribution < -0.4 is 14.8 Å². The third-order valence-corrected chi connectivity index (χ3v) is 5.97. The zero-order chi connectivity index (χ0) is 25.7. The molecule has 0 bridgehead atoms. The van der Waals surface area contributed by atoms with Crippen LogP contribution in [0.1, 0.15) is 36.2 Å². The lowest BCUT2D eigenvalue weighted by Crippen LogP contribution is -2.27. The highest BCUT2D eigenvalue weighted by Gasteiger charge is 2.18. The van der Waals surface area contributed by atoms with Gasteiger partial charge >= 0.3 is 0 Å². The Kier molecular flexibility index (Phi) is 7.88. The molecule has 0 saturated carbocycles. The molecule has 0 aliphatic carbocycles. The number of imidazole rings is 1. The third-order valence-electron chi connectivity index (χ3n) is 5.97. The van der Waals surface area contributed by atoms with Gasteiger partial charge in [0.15, 0.2) is 11.5 Å². The summed E-state index contributed by atoms with van der Waals surface area (Å²) in [4.78, 5) is 17.7. The van der Waals surface area contributed by atoms with Crippen LogP contribution in [0, 0.1) is 19.7 Å². The van der Waals surface area contributed by atoms with Gasteiger partial charge in [0.2, 0.25) is 5.91 Å². The number of aromatic nitrogens is 2. The van der Waals surface area contributed by atoms with Gasteiger partial charge < -0.3 is 19.2 Å². The fourth-order valence-corrected chi connectivity index (χ4v) is 4.20. The van der Waals surface area contributed by atoms with Crippen molar-refractivity contribution in [2.45, 2.75) is 40.5 Å². The second-order valence-electron chi connectivity index (χ2n) is 8.73. The van der Waals surface area contributed by atoms with E-state index in [0.717, 1.165) is 33.8 Å². The Labute approximate surface area is 211 Å². The average Bonchev–Trinajstić information content (AvgIpc) is 3.20. The Balaban J connectivity index is 1.50. The van der Waals surface area contributed by atoms with E-state index in [2.05, 4.69) is 5.32 Å². The normalized spacial score (nSPS) is 11.0. The van der Waals surface area contributed by atoms with Crippen molar-refractivity contribution in [1.29, 1.82) is 0 Å². The number of hydrogen-bond donors (Lipinski definition) is 1. The van der Waals surface area contributed by atoms with Crippen molar-refractivity contribution in [2.24, 2.45) is 0 Å². The monoisotopic (exact) mass is 489 g/mol. The smallest absolute Gasteiger partial charge is 0.226 e. The van der Waals surface area contributed by atoms with E-state index in [0.29, 0.717) is 43.2 Å². The van der Waals surface area contributed by atoms with Crippen LogP contribution in [0.4, 0.5) is 4.39 Å². The molecule has 0 aliphatic rings. The van der Waals surface area contributed by atoms with Crippen molar-refractivity contribution in [3.05, 3.63) is 82.9 Å². The minimum Gasteiger partial charge on any atom is -0.490 e. The summed E-state index contributed by atoms with van der Waals surface area (Å²) in [5, 5.41) is 3.03. The molecule has 2 aromatic carbocycles. The van der Waals surface area contributed by atoms with Gasteiger partial charge in [-0.3, -0.25) is 4.79 Å². The van der Waals surface area contributed by atoms with Crippen molar-refractivity contribution >= 4 is 11.6 Å². The number of benzene rings is 2. The number of rotatable bonds is 10. The number of fused-ring (bicyclic) bond motifs is 1. The maximum absolute atomic E-state index is 13.9. The average molecular weight is 490 g/mol. The fraction of sp³-hybridized carbons (Fsp3) is 0.310. The quantitative estimate of drug-likeness (QED) is 0.321. The second-order valence-corrected chi connectivity index (χ2v) is 8.73. The predicted octanol–water partition coefficient (Wildman–Crippen LogP) is 5.46. The summed E-state index contributed by atoms with van der Waals surface area (Å²) in [6.45, 7) is 9.20. The number of nitrogens with one attached hydrogen (secondary N) is 1. The number of nitrogens with zero attached hydrogens (tertiary/aromatic N) is 2. The van der Waals surface area contributed by atoms with E-state index < -0.39 is 0 Å². The lowest BCUT2D eigenvalue weighted by molar-refractivity contribution is -0.120. The van der Waals surface area contributed by atoms with Gasteiger partial charge in [0.1, 0.15) is 11.5 Å². The molecule has 2 heterocycles. The molecular weight excluding hydrogens is 457 g/mol. The van der Waals surface area contributed by atoms with E-state index in [-0.39, 0.29) is 18.1 Å². The number of pyridine rings is 1. The number of ether oxygens (including phenoxy) is 2. The summed E-state index contributed by atoms with van der Waals surface area (Å²) in [7, 11) is 0. The van der Waals surface area contributed by atoms with Crippen molar-refractivity contribution in [1.82, 2.24) is 14.7 Å². The molecule has 4 rings (SSSR count). The van der Waals surface area contributed by atoms with Crippen LogP contribution in [0.5, 0.6) is 11.5 Å². The van der Waals surface area contributed by atoms with Gasteiger partial charge in [0.05, 0.1) is 31.0 Å². The maximum Gasteiger partial charge on any atom is 0.226 e. The van der Waals surface area contributed by atoms with E-state index in [1.807, 2.05) is 61.7 Å². The first-order valence-electron chi connectivity index (χ1n) is 12.3. The lowest BCUT2D eigenvalue weighted by Gasteiger charge is -2.13. The van der Waals surface area contributed by atoms with Crippen molar-refractivity contribution < 1.29 is 18.7 Å². The van der Waals surface area contributed by atoms with Crippen LogP contribution in [0.3, 0.4) is 0 Å². The summed E-state index contributed by atoms with van der Waals surface area (Å²) in [6, 6.07) is 14.7. The SMILES string of the molecule is CCOc1ccc(CCNC(=O)Cc2c(-c3ccc(F)c(C)c3)nc3ccc(C)cn23)cc1OCC. The minimum atomic E-state index is -0.264. The number of hydrogen-bond acceptors (Lipinski definition) is 4. The Morgan fingerprint density at radius 3 is 2.53 bits per heavy atom. The standard InChI is InChI=1S/C29H32FN3O3/c1-5-35-25-11-8-21(16-26(25)36-6-2)13-14-31-28(34)17-24-29(22-9-10-23(30)20(4)15-22)32-27-12-7-19(3)18-33(24)27/h7-12,15-16,18H,5-6,13-14,17H2,1-4H3,(H,31,34). The van der Waals surface area contributed by atoms with Gasteiger partial charge in [-0.2, -0.15) is 0 Å². The highest BCUT2D eigenvalue weighted by Crippen LogP contribution is 2.29. The van der Waals surface area contributed by atoms with Gasteiger partial charge in [0, 0.05) is 18.3 Å². The molecule has 0 spiro atoms. The van der Waals surface area contributed by atoms with E-state index in [4.69, 9.17) is 14.5 Å². The summed E-state index contributed by atoms with van der Waals surface area (Å²) >= 11 is 0. The predicted molar refractivity (Wildman–Crippen MR) is 139 cm³/mol. The van der Waals surface area contributed by atoms with Crippen molar-refractivity contribution in [2.75, 3.05) is 19.8 Å². The largest absolute Gasteiger partial charge is 0.490 e. The summed E-state index contributed by atoms with van der Waals surface area (Å²) in [5.41, 5.74) is 5.65. The molecule has 6 nitrogen and oxygen atoms in total. The molecule has 7 heteroatoms. The summed E-state index contributed by atoms with van der Waals surface area (Å²) in [5.74, 6) is 1.07. The van der Waals surface area contributed by atoms with Crippen LogP contribution >= 0.6 is 0 Å². The molecule has 1 N–H and O–H groups in total. The van der Waals surface area contributed by atoms with Crippen LogP contribution in [-0.4, -0.2) is 35.1 Å². The van der Waals surface area contributed by atoms with Gasteiger partial charge in [-0.25, -0.2) is 9.37 Å². The number of carbonyl (C=O) groups is 1. The summed E-state index contributed by atoms with van der Waals surface area (Å²) in [6.07, 6.45) is 2.79. The van der Waals surface area contributed by atoms with Gasteiger partial charge in [-0.1, -0.05) is 12.1 Å². The van der Waals surface area contributed by atoms with E-state index in [9.17, 15) is 9.18 Å². The van der Waals surface area contributed by atoms with Crippen LogP contribution in [0.25, 0.3) is 16.9 Å². The number of aryl methyl sites for hydroxylation is 2. The number of carbonyl (C=O) groups excluding carboxylic acids is 1. The van der Waals surface area contributed by atoms with Gasteiger partial charge in [0.25, 0.3) is 0 Å². The zero-order valence-electron chi connectivity index (χ0n) is 21.2. The Morgan fingerprint density at radius 1 is 1.00 bits per heavy atom. The number of amides is 1. The first-order chi connectivity index (χ1) is 17.4. The first-order valence-corrected chi connectivity index (χ1v) is 12.3. The Bertz CT molecular complexity index is 1380.